The van der Waals surface area contributed by atoms with Crippen molar-refractivity contribution in [3.63, 3.8) is 0 Å². The molecule has 0 heterocycles. The minimum absolute atomic E-state index is 0.370. The SMILES string of the molecule is CC/C=C/CCCC1CCC(CCc2cc(F)c(OC(F)(F)F)c(F)c2)CC1. The van der Waals surface area contributed by atoms with E-state index in [0.29, 0.717) is 17.9 Å². The summed E-state index contributed by atoms with van der Waals surface area (Å²) in [7, 11) is 0. The van der Waals surface area contributed by atoms with Crippen LogP contribution in [0, 0.1) is 23.5 Å². The molecule has 0 amide bonds. The number of rotatable bonds is 9. The largest absolute Gasteiger partial charge is 0.573 e. The molecule has 0 spiro atoms. The fourth-order valence-electron chi connectivity index (χ4n) is 3.96. The number of alkyl halides is 3. The number of benzene rings is 1. The van der Waals surface area contributed by atoms with Crippen LogP contribution in [0.3, 0.4) is 0 Å². The molecule has 158 valence electrons. The summed E-state index contributed by atoms with van der Waals surface area (Å²) in [5.41, 5.74) is 0.370. The van der Waals surface area contributed by atoms with E-state index in [1.807, 2.05) is 0 Å². The highest BCUT2D eigenvalue weighted by molar-refractivity contribution is 5.31. The maximum atomic E-state index is 13.8. The summed E-state index contributed by atoms with van der Waals surface area (Å²) in [6.07, 6.45) is 9.84. The van der Waals surface area contributed by atoms with Crippen molar-refractivity contribution < 1.29 is 26.7 Å². The lowest BCUT2D eigenvalue weighted by Gasteiger charge is -2.28. The van der Waals surface area contributed by atoms with Gasteiger partial charge in [0, 0.05) is 0 Å². The first-order chi connectivity index (χ1) is 13.3. The lowest BCUT2D eigenvalue weighted by Crippen LogP contribution is -2.19. The molecular weight excluding hydrogens is 375 g/mol. The molecule has 1 aliphatic rings. The summed E-state index contributed by atoms with van der Waals surface area (Å²) in [5, 5.41) is 0. The average Bonchev–Trinajstić information content (AvgIpc) is 2.63. The lowest BCUT2D eigenvalue weighted by molar-refractivity contribution is -0.276. The molecule has 28 heavy (non-hydrogen) atoms. The lowest BCUT2D eigenvalue weighted by atomic mass is 9.78. The van der Waals surface area contributed by atoms with E-state index in [-0.39, 0.29) is 0 Å². The second kappa shape index (κ2) is 10.8. The zero-order chi connectivity index (χ0) is 20.6. The number of halogens is 5. The molecule has 0 unspecified atom stereocenters. The van der Waals surface area contributed by atoms with Gasteiger partial charge in [-0.15, -0.1) is 13.2 Å². The van der Waals surface area contributed by atoms with Crippen molar-refractivity contribution in [3.05, 3.63) is 41.5 Å². The van der Waals surface area contributed by atoms with Crippen molar-refractivity contribution in [2.24, 2.45) is 11.8 Å². The first-order valence-corrected chi connectivity index (χ1v) is 10.2. The Balaban J connectivity index is 1.75. The second-order valence-corrected chi connectivity index (χ2v) is 7.67. The second-order valence-electron chi connectivity index (χ2n) is 7.67. The summed E-state index contributed by atoms with van der Waals surface area (Å²) in [6.45, 7) is 2.13. The van der Waals surface area contributed by atoms with Gasteiger partial charge in [-0.25, -0.2) is 8.78 Å². The molecule has 0 radical (unpaired) electrons. The highest BCUT2D eigenvalue weighted by Gasteiger charge is 2.34. The predicted molar refractivity (Wildman–Crippen MR) is 100 cm³/mol. The van der Waals surface area contributed by atoms with E-state index in [1.54, 1.807) is 0 Å². The monoisotopic (exact) mass is 404 g/mol. The maximum Gasteiger partial charge on any atom is 0.573 e. The van der Waals surface area contributed by atoms with Crippen LogP contribution in [-0.4, -0.2) is 6.36 Å². The van der Waals surface area contributed by atoms with Crippen molar-refractivity contribution in [2.45, 2.75) is 77.5 Å². The number of aryl methyl sites for hydroxylation is 1. The van der Waals surface area contributed by atoms with E-state index in [0.717, 1.165) is 50.2 Å². The fourth-order valence-corrected chi connectivity index (χ4v) is 3.96. The fraction of sp³-hybridized carbons (Fsp3) is 0.636. The summed E-state index contributed by atoms with van der Waals surface area (Å²) in [5.74, 6) is -2.74. The normalized spacial score (nSPS) is 20.6. The van der Waals surface area contributed by atoms with Gasteiger partial charge in [0.25, 0.3) is 0 Å². The van der Waals surface area contributed by atoms with Gasteiger partial charge < -0.3 is 4.74 Å². The van der Waals surface area contributed by atoms with Gasteiger partial charge >= 0.3 is 6.36 Å². The van der Waals surface area contributed by atoms with Crippen LogP contribution in [0.15, 0.2) is 24.3 Å². The number of unbranched alkanes of at least 4 members (excludes halogenated alkanes) is 1. The van der Waals surface area contributed by atoms with Gasteiger partial charge in [0.15, 0.2) is 11.6 Å². The molecule has 1 nitrogen and oxygen atoms in total. The van der Waals surface area contributed by atoms with Gasteiger partial charge in [0.05, 0.1) is 0 Å². The Hall–Kier alpha value is -1.59. The third-order valence-electron chi connectivity index (χ3n) is 5.47. The Morgan fingerprint density at radius 2 is 1.54 bits per heavy atom. The molecule has 0 bridgehead atoms. The summed E-state index contributed by atoms with van der Waals surface area (Å²) in [6, 6.07) is 1.89. The predicted octanol–water partition coefficient (Wildman–Crippen LogP) is 7.74. The van der Waals surface area contributed by atoms with Crippen LogP contribution in [0.5, 0.6) is 5.75 Å². The van der Waals surface area contributed by atoms with Crippen LogP contribution in [-0.2, 0) is 6.42 Å². The number of allylic oxidation sites excluding steroid dienone is 2. The van der Waals surface area contributed by atoms with Crippen LogP contribution in [0.4, 0.5) is 22.0 Å². The van der Waals surface area contributed by atoms with Gasteiger partial charge in [-0.2, -0.15) is 0 Å². The molecule has 6 heteroatoms. The Labute approximate surface area is 164 Å². The zero-order valence-corrected chi connectivity index (χ0v) is 16.3. The third-order valence-corrected chi connectivity index (χ3v) is 5.47. The molecular formula is C22H29F5O. The molecule has 0 atom stereocenters. The topological polar surface area (TPSA) is 9.23 Å². The standard InChI is InChI=1S/C22H29F5O/c1-2-3-4-5-6-7-16-8-10-17(11-9-16)12-13-18-14-19(23)21(20(24)15-18)28-22(25,26)27/h3-4,14-17H,2,5-13H2,1H3/b4-3+. The van der Waals surface area contributed by atoms with Crippen molar-refractivity contribution >= 4 is 0 Å². The molecule has 1 aliphatic carbocycles. The Kier molecular flexibility index (Phi) is 8.77. The minimum atomic E-state index is -5.12. The van der Waals surface area contributed by atoms with E-state index in [9.17, 15) is 22.0 Å². The highest BCUT2D eigenvalue weighted by Crippen LogP contribution is 2.35. The average molecular weight is 404 g/mol. The number of hydrogen-bond donors (Lipinski definition) is 0. The van der Waals surface area contributed by atoms with E-state index in [4.69, 9.17) is 0 Å². The number of ether oxygens (including phenoxy) is 1. The van der Waals surface area contributed by atoms with Crippen LogP contribution in [0.25, 0.3) is 0 Å². The molecule has 0 aliphatic heterocycles. The van der Waals surface area contributed by atoms with Crippen LogP contribution in [0.1, 0.15) is 70.3 Å². The summed E-state index contributed by atoms with van der Waals surface area (Å²) >= 11 is 0. The summed E-state index contributed by atoms with van der Waals surface area (Å²) in [4.78, 5) is 0. The maximum absolute atomic E-state index is 13.8. The Bertz CT molecular complexity index is 607. The first kappa shape index (κ1) is 22.7. The van der Waals surface area contributed by atoms with Crippen molar-refractivity contribution in [1.29, 1.82) is 0 Å². The molecule has 0 N–H and O–H groups in total. The van der Waals surface area contributed by atoms with Gasteiger partial charge in [0.1, 0.15) is 0 Å². The van der Waals surface area contributed by atoms with Gasteiger partial charge in [-0.1, -0.05) is 51.2 Å². The Morgan fingerprint density at radius 3 is 2.07 bits per heavy atom. The minimum Gasteiger partial charge on any atom is -0.399 e. The quantitative estimate of drug-likeness (QED) is 0.232. The molecule has 1 saturated carbocycles. The smallest absolute Gasteiger partial charge is 0.399 e. The van der Waals surface area contributed by atoms with Gasteiger partial charge in [-0.05, 0) is 61.6 Å². The van der Waals surface area contributed by atoms with Crippen molar-refractivity contribution in [3.8, 4) is 5.75 Å². The van der Waals surface area contributed by atoms with Crippen LogP contribution >= 0.6 is 0 Å². The Morgan fingerprint density at radius 1 is 0.964 bits per heavy atom. The summed E-state index contributed by atoms with van der Waals surface area (Å²) < 4.78 is 67.6. The number of hydrogen-bond acceptors (Lipinski definition) is 1. The molecule has 2 rings (SSSR count). The zero-order valence-electron chi connectivity index (χ0n) is 16.3. The van der Waals surface area contributed by atoms with Crippen molar-refractivity contribution in [1.82, 2.24) is 0 Å². The van der Waals surface area contributed by atoms with E-state index >= 15 is 0 Å². The van der Waals surface area contributed by atoms with E-state index < -0.39 is 23.7 Å². The molecule has 0 saturated heterocycles. The van der Waals surface area contributed by atoms with Gasteiger partial charge in [-0.3, -0.25) is 0 Å². The molecule has 1 fully saturated rings. The highest BCUT2D eigenvalue weighted by atomic mass is 19.4. The first-order valence-electron chi connectivity index (χ1n) is 10.2. The molecule has 1 aromatic carbocycles. The molecule has 0 aromatic heterocycles. The van der Waals surface area contributed by atoms with Crippen LogP contribution < -0.4 is 4.74 Å². The van der Waals surface area contributed by atoms with E-state index in [1.165, 1.54) is 25.7 Å². The molecule has 1 aromatic rings. The van der Waals surface area contributed by atoms with Gasteiger partial charge in [0.2, 0.25) is 5.75 Å². The van der Waals surface area contributed by atoms with E-state index in [2.05, 4.69) is 23.8 Å². The van der Waals surface area contributed by atoms with Crippen molar-refractivity contribution in [2.75, 3.05) is 0 Å². The third kappa shape index (κ3) is 7.80. The van der Waals surface area contributed by atoms with Crippen LogP contribution in [0.2, 0.25) is 0 Å².